The Balaban J connectivity index is 1.28. The van der Waals surface area contributed by atoms with E-state index in [9.17, 15) is 9.90 Å². The smallest absolute Gasteiger partial charge is 0.407 e. The molecule has 0 saturated carbocycles. The molecule has 42 heavy (non-hydrogen) atoms. The van der Waals surface area contributed by atoms with Crippen molar-refractivity contribution < 1.29 is 19.1 Å². The van der Waals surface area contributed by atoms with Crippen LogP contribution >= 0.6 is 0 Å². The minimum atomic E-state index is -2.74. The largest absolute Gasteiger partial charge is 0.449 e. The maximum atomic E-state index is 13.0. The van der Waals surface area contributed by atoms with Gasteiger partial charge >= 0.3 is 6.09 Å². The number of hydrogen-bond donors (Lipinski definition) is 2. The van der Waals surface area contributed by atoms with Crippen LogP contribution in [0.1, 0.15) is 44.7 Å². The van der Waals surface area contributed by atoms with E-state index in [1.807, 2.05) is 43.3 Å². The molecule has 218 valence electrons. The molecule has 0 saturated heterocycles. The number of alkyl carbamates (subject to hydrolysis) is 1. The first kappa shape index (κ1) is 29.8. The average molecular weight is 580 g/mol. The molecule has 0 bridgehead atoms. The van der Waals surface area contributed by atoms with E-state index in [-0.39, 0.29) is 30.1 Å². The molecule has 1 amide bonds. The number of benzene rings is 4. The molecule has 1 aliphatic carbocycles. The van der Waals surface area contributed by atoms with Crippen LogP contribution in [0.25, 0.3) is 11.1 Å². The summed E-state index contributed by atoms with van der Waals surface area (Å²) in [6, 6.07) is 37.0. The molecule has 0 heterocycles. The standard InChI is InChI=1S/C36H41NO4Si/c1-26(24-41-42(36(2,3)4,27-15-7-5-8-16-27)28-17-9-6-10-18-28)34(23-38)37-35(39)40-25-33-31-21-13-11-19-29(31)30-20-12-14-22-32(30)33/h5-22,26,33-34,38H,23-25H2,1-4H3,(H,37,39)/t26-,34-/m1/s1. The van der Waals surface area contributed by atoms with Crippen molar-refractivity contribution in [1.29, 1.82) is 0 Å². The van der Waals surface area contributed by atoms with E-state index in [0.29, 0.717) is 6.61 Å². The van der Waals surface area contributed by atoms with Crippen LogP contribution in [0.4, 0.5) is 4.79 Å². The lowest BCUT2D eigenvalue weighted by Gasteiger charge is -2.44. The van der Waals surface area contributed by atoms with Crippen molar-refractivity contribution in [1.82, 2.24) is 5.32 Å². The molecule has 0 radical (unpaired) electrons. The van der Waals surface area contributed by atoms with E-state index in [4.69, 9.17) is 9.16 Å². The van der Waals surface area contributed by atoms with Crippen LogP contribution in [0, 0.1) is 5.92 Å². The van der Waals surface area contributed by atoms with Crippen molar-refractivity contribution in [2.45, 2.75) is 44.7 Å². The maximum Gasteiger partial charge on any atom is 0.407 e. The molecular weight excluding hydrogens is 538 g/mol. The summed E-state index contributed by atoms with van der Waals surface area (Å²) in [6.45, 7) is 9.11. The van der Waals surface area contributed by atoms with E-state index < -0.39 is 20.5 Å². The molecule has 4 aromatic rings. The van der Waals surface area contributed by atoms with Crippen LogP contribution in [0.2, 0.25) is 5.04 Å². The van der Waals surface area contributed by atoms with Crippen LogP contribution in [0.5, 0.6) is 0 Å². The Morgan fingerprint density at radius 1 is 0.810 bits per heavy atom. The summed E-state index contributed by atoms with van der Waals surface area (Å²) in [5.41, 5.74) is 4.70. The van der Waals surface area contributed by atoms with Gasteiger partial charge in [-0.05, 0) is 37.7 Å². The number of carbonyl (C=O) groups is 1. The molecule has 1 aliphatic rings. The van der Waals surface area contributed by atoms with Gasteiger partial charge in [0, 0.05) is 18.4 Å². The van der Waals surface area contributed by atoms with Crippen molar-refractivity contribution in [3.05, 3.63) is 120 Å². The Hall–Kier alpha value is -3.71. The highest BCUT2D eigenvalue weighted by atomic mass is 28.4. The van der Waals surface area contributed by atoms with E-state index in [0.717, 1.165) is 11.1 Å². The molecule has 5 rings (SSSR count). The second-order valence-corrected chi connectivity index (χ2v) is 16.5. The molecular formula is C36H41NO4Si. The average Bonchev–Trinajstić information content (AvgIpc) is 3.33. The van der Waals surface area contributed by atoms with E-state index in [1.54, 1.807) is 0 Å². The maximum absolute atomic E-state index is 13.0. The Morgan fingerprint density at radius 2 is 1.29 bits per heavy atom. The SMILES string of the molecule is C[C@H](CO[Si](c1ccccc1)(c1ccccc1)C(C)(C)C)[C@@H](CO)NC(=O)OCC1c2ccccc2-c2ccccc21. The number of ether oxygens (including phenoxy) is 1. The number of amides is 1. The lowest BCUT2D eigenvalue weighted by molar-refractivity contribution is 0.115. The molecule has 0 unspecified atom stereocenters. The lowest BCUT2D eigenvalue weighted by atomic mass is 9.98. The zero-order valence-electron chi connectivity index (χ0n) is 24.9. The minimum Gasteiger partial charge on any atom is -0.449 e. The summed E-state index contributed by atoms with van der Waals surface area (Å²) in [5.74, 6) is -0.177. The van der Waals surface area contributed by atoms with Crippen molar-refractivity contribution in [2.24, 2.45) is 5.92 Å². The predicted octanol–water partition coefficient (Wildman–Crippen LogP) is 6.10. The number of hydrogen-bond acceptors (Lipinski definition) is 4. The molecule has 5 nitrogen and oxygen atoms in total. The van der Waals surface area contributed by atoms with Gasteiger partial charge in [0.05, 0.1) is 12.6 Å². The Morgan fingerprint density at radius 3 is 1.76 bits per heavy atom. The second kappa shape index (κ2) is 12.7. The van der Waals surface area contributed by atoms with Crippen LogP contribution in [-0.2, 0) is 9.16 Å². The van der Waals surface area contributed by atoms with Gasteiger partial charge in [-0.25, -0.2) is 4.79 Å². The predicted molar refractivity (Wildman–Crippen MR) is 172 cm³/mol. The van der Waals surface area contributed by atoms with E-state index >= 15 is 0 Å². The first-order valence-corrected chi connectivity index (χ1v) is 16.6. The van der Waals surface area contributed by atoms with Crippen LogP contribution in [-0.4, -0.2) is 45.4 Å². The third kappa shape index (κ3) is 5.80. The minimum absolute atomic E-state index is 0.0216. The van der Waals surface area contributed by atoms with Gasteiger partial charge in [0.25, 0.3) is 8.32 Å². The fraction of sp³-hybridized carbons (Fsp3) is 0.306. The van der Waals surface area contributed by atoms with E-state index in [2.05, 4.69) is 98.9 Å². The first-order valence-electron chi connectivity index (χ1n) is 14.7. The molecule has 0 spiro atoms. The molecule has 0 aliphatic heterocycles. The summed E-state index contributed by atoms with van der Waals surface area (Å²) in [5, 5.41) is 15.4. The van der Waals surface area contributed by atoms with Gasteiger partial charge < -0.3 is 19.6 Å². The fourth-order valence-electron chi connectivity index (χ4n) is 6.29. The first-order chi connectivity index (χ1) is 20.3. The molecule has 4 aromatic carbocycles. The normalized spacial score (nSPS) is 14.5. The van der Waals surface area contributed by atoms with Gasteiger partial charge in [-0.15, -0.1) is 0 Å². The zero-order valence-corrected chi connectivity index (χ0v) is 25.9. The van der Waals surface area contributed by atoms with Gasteiger partial charge in [0.1, 0.15) is 6.61 Å². The van der Waals surface area contributed by atoms with Gasteiger partial charge in [-0.3, -0.25) is 0 Å². The summed E-state index contributed by atoms with van der Waals surface area (Å²) in [7, 11) is -2.74. The summed E-state index contributed by atoms with van der Waals surface area (Å²) in [6.07, 6.45) is -0.534. The Labute approximate surface area is 250 Å². The number of fused-ring (bicyclic) bond motifs is 3. The quantitative estimate of drug-likeness (QED) is 0.223. The third-order valence-corrected chi connectivity index (χ3v) is 13.5. The highest BCUT2D eigenvalue weighted by Gasteiger charge is 2.50. The summed E-state index contributed by atoms with van der Waals surface area (Å²) in [4.78, 5) is 13.0. The molecule has 0 aromatic heterocycles. The topological polar surface area (TPSA) is 67.8 Å². The molecule has 2 atom stereocenters. The van der Waals surface area contributed by atoms with Gasteiger partial charge in [0.2, 0.25) is 0 Å². The number of carbonyl (C=O) groups excluding carboxylic acids is 1. The number of nitrogens with one attached hydrogen (secondary N) is 1. The van der Waals surface area contributed by atoms with Crippen molar-refractivity contribution >= 4 is 24.8 Å². The van der Waals surface area contributed by atoms with Gasteiger partial charge in [-0.2, -0.15) is 0 Å². The van der Waals surface area contributed by atoms with Crippen molar-refractivity contribution in [3.63, 3.8) is 0 Å². The second-order valence-electron chi connectivity index (χ2n) is 12.2. The lowest BCUT2D eigenvalue weighted by Crippen LogP contribution is -2.67. The Kier molecular flexibility index (Phi) is 8.97. The van der Waals surface area contributed by atoms with Gasteiger partial charge in [0.15, 0.2) is 0 Å². The number of aliphatic hydroxyl groups is 1. The highest BCUT2D eigenvalue weighted by molar-refractivity contribution is 6.99. The highest BCUT2D eigenvalue weighted by Crippen LogP contribution is 2.44. The Bertz CT molecular complexity index is 1400. The fourth-order valence-corrected chi connectivity index (χ4v) is 11.0. The van der Waals surface area contributed by atoms with Crippen LogP contribution in [0.3, 0.4) is 0 Å². The van der Waals surface area contributed by atoms with Crippen LogP contribution in [0.15, 0.2) is 109 Å². The van der Waals surface area contributed by atoms with Gasteiger partial charge in [-0.1, -0.05) is 137 Å². The molecule has 2 N–H and O–H groups in total. The monoisotopic (exact) mass is 579 g/mol. The number of rotatable bonds is 10. The number of aliphatic hydroxyl groups excluding tert-OH is 1. The summed E-state index contributed by atoms with van der Waals surface area (Å²) >= 11 is 0. The van der Waals surface area contributed by atoms with Crippen molar-refractivity contribution in [2.75, 3.05) is 19.8 Å². The molecule has 6 heteroatoms. The van der Waals surface area contributed by atoms with Crippen molar-refractivity contribution in [3.8, 4) is 11.1 Å². The molecule has 0 fully saturated rings. The third-order valence-electron chi connectivity index (χ3n) is 8.51. The van der Waals surface area contributed by atoms with E-state index in [1.165, 1.54) is 21.5 Å². The zero-order chi connectivity index (χ0) is 29.7. The summed E-state index contributed by atoms with van der Waals surface area (Å²) < 4.78 is 12.8. The van der Waals surface area contributed by atoms with Crippen LogP contribution < -0.4 is 15.7 Å².